The van der Waals surface area contributed by atoms with Gasteiger partial charge in [0.1, 0.15) is 5.82 Å². The van der Waals surface area contributed by atoms with E-state index in [1.807, 2.05) is 22.4 Å². The van der Waals surface area contributed by atoms with Crippen LogP contribution in [0.25, 0.3) is 16.8 Å². The molecular weight excluding hydrogens is 379 g/mol. The summed E-state index contributed by atoms with van der Waals surface area (Å²) in [5.74, 6) is 0.872. The van der Waals surface area contributed by atoms with Gasteiger partial charge in [-0.1, -0.05) is 23.4 Å². The zero-order chi connectivity index (χ0) is 19.3. The molecule has 1 aromatic carbocycles. The molecule has 0 unspecified atom stereocenters. The van der Waals surface area contributed by atoms with Gasteiger partial charge in [-0.15, -0.1) is 11.3 Å². The SMILES string of the molecule is O=C(/C=C/c1ccc(F)cc1)N1CCN(Cc2noc(-c3cccs3)n2)CC1. The molecular formula is C20H19FN4O2S. The lowest BCUT2D eigenvalue weighted by Crippen LogP contribution is -2.47. The van der Waals surface area contributed by atoms with Crippen LogP contribution in [0.15, 0.2) is 52.4 Å². The number of rotatable bonds is 5. The summed E-state index contributed by atoms with van der Waals surface area (Å²) in [6.45, 7) is 3.38. The van der Waals surface area contributed by atoms with Gasteiger partial charge < -0.3 is 9.42 Å². The Balaban J connectivity index is 1.27. The van der Waals surface area contributed by atoms with Crippen LogP contribution < -0.4 is 0 Å². The van der Waals surface area contributed by atoms with E-state index in [2.05, 4.69) is 15.0 Å². The van der Waals surface area contributed by atoms with Crippen molar-refractivity contribution in [1.82, 2.24) is 19.9 Å². The number of aromatic nitrogens is 2. The highest BCUT2D eigenvalue weighted by Gasteiger charge is 2.21. The lowest BCUT2D eigenvalue weighted by Gasteiger charge is -2.33. The van der Waals surface area contributed by atoms with Crippen LogP contribution >= 0.6 is 11.3 Å². The van der Waals surface area contributed by atoms with Crippen molar-refractivity contribution in [2.75, 3.05) is 26.2 Å². The molecule has 1 saturated heterocycles. The summed E-state index contributed by atoms with van der Waals surface area (Å²) in [5, 5.41) is 6.02. The second-order valence-electron chi connectivity index (χ2n) is 6.48. The average Bonchev–Trinajstić information content (AvgIpc) is 3.40. The number of amides is 1. The molecule has 4 rings (SSSR count). The summed E-state index contributed by atoms with van der Waals surface area (Å²) in [5.41, 5.74) is 0.798. The van der Waals surface area contributed by atoms with Gasteiger partial charge >= 0.3 is 0 Å². The lowest BCUT2D eigenvalue weighted by atomic mass is 10.2. The number of carbonyl (C=O) groups excluding carboxylic acids is 1. The van der Waals surface area contributed by atoms with E-state index in [0.717, 1.165) is 23.5 Å². The molecule has 1 fully saturated rings. The monoisotopic (exact) mass is 398 g/mol. The second-order valence-corrected chi connectivity index (χ2v) is 7.43. The molecule has 0 aliphatic carbocycles. The molecule has 0 spiro atoms. The molecule has 0 N–H and O–H groups in total. The van der Waals surface area contributed by atoms with Gasteiger partial charge in [0.15, 0.2) is 5.82 Å². The van der Waals surface area contributed by atoms with Crippen molar-refractivity contribution in [2.24, 2.45) is 0 Å². The summed E-state index contributed by atoms with van der Waals surface area (Å²) in [4.78, 5) is 21.8. The summed E-state index contributed by atoms with van der Waals surface area (Å²) >= 11 is 1.56. The second kappa shape index (κ2) is 8.45. The third-order valence-corrected chi connectivity index (χ3v) is 5.40. The van der Waals surface area contributed by atoms with Gasteiger partial charge in [0.05, 0.1) is 11.4 Å². The number of nitrogens with zero attached hydrogens (tertiary/aromatic N) is 4. The van der Waals surface area contributed by atoms with Crippen molar-refractivity contribution >= 4 is 23.3 Å². The molecule has 3 aromatic rings. The minimum absolute atomic E-state index is 0.0384. The molecule has 1 amide bonds. The predicted octanol–water partition coefficient (Wildman–Crippen LogP) is 3.29. The fraction of sp³-hybridized carbons (Fsp3) is 0.250. The van der Waals surface area contributed by atoms with E-state index in [1.165, 1.54) is 18.2 Å². The highest BCUT2D eigenvalue weighted by Crippen LogP contribution is 2.22. The summed E-state index contributed by atoms with van der Waals surface area (Å²) in [7, 11) is 0. The van der Waals surface area contributed by atoms with Crippen molar-refractivity contribution in [3.8, 4) is 10.8 Å². The standard InChI is InChI=1S/C20H19FN4O2S/c21-16-6-3-15(4-7-16)5-8-19(26)25-11-9-24(10-12-25)14-18-22-20(27-23-18)17-2-1-13-28-17/h1-8,13H,9-12,14H2/b8-5+. The molecule has 1 aliphatic heterocycles. The van der Waals surface area contributed by atoms with E-state index in [-0.39, 0.29) is 11.7 Å². The molecule has 3 heterocycles. The zero-order valence-electron chi connectivity index (χ0n) is 15.1. The lowest BCUT2D eigenvalue weighted by molar-refractivity contribution is -0.127. The van der Waals surface area contributed by atoms with Gasteiger partial charge in [-0.2, -0.15) is 4.98 Å². The molecule has 8 heteroatoms. The van der Waals surface area contributed by atoms with Crippen molar-refractivity contribution in [1.29, 1.82) is 0 Å². The Morgan fingerprint density at radius 1 is 1.18 bits per heavy atom. The number of thiophene rings is 1. The normalized spacial score (nSPS) is 15.4. The maximum Gasteiger partial charge on any atom is 0.268 e. The van der Waals surface area contributed by atoms with Crippen LogP contribution in [0.2, 0.25) is 0 Å². The number of piperazine rings is 1. The van der Waals surface area contributed by atoms with Gasteiger partial charge in [0.2, 0.25) is 5.91 Å². The van der Waals surface area contributed by atoms with Gasteiger partial charge in [-0.05, 0) is 35.2 Å². The van der Waals surface area contributed by atoms with E-state index in [4.69, 9.17) is 4.52 Å². The van der Waals surface area contributed by atoms with E-state index >= 15 is 0 Å². The number of halogens is 1. The van der Waals surface area contributed by atoms with Crippen LogP contribution in [0.1, 0.15) is 11.4 Å². The van der Waals surface area contributed by atoms with Crippen LogP contribution in [0.5, 0.6) is 0 Å². The fourth-order valence-electron chi connectivity index (χ4n) is 2.99. The Hall–Kier alpha value is -2.84. The Kier molecular flexibility index (Phi) is 5.59. The first-order chi connectivity index (χ1) is 13.7. The Bertz CT molecular complexity index is 945. The maximum atomic E-state index is 12.9. The van der Waals surface area contributed by atoms with Crippen molar-refractivity contribution < 1.29 is 13.7 Å². The number of benzene rings is 1. The zero-order valence-corrected chi connectivity index (χ0v) is 15.9. The van der Waals surface area contributed by atoms with Crippen molar-refractivity contribution in [2.45, 2.75) is 6.54 Å². The molecule has 2 aromatic heterocycles. The minimum Gasteiger partial charge on any atom is -0.337 e. The average molecular weight is 398 g/mol. The molecule has 0 atom stereocenters. The van der Waals surface area contributed by atoms with Gasteiger partial charge in [-0.3, -0.25) is 9.69 Å². The van der Waals surface area contributed by atoms with Gasteiger partial charge in [0.25, 0.3) is 5.89 Å². The Morgan fingerprint density at radius 2 is 1.96 bits per heavy atom. The van der Waals surface area contributed by atoms with Crippen molar-refractivity contribution in [3.05, 3.63) is 65.1 Å². The maximum absolute atomic E-state index is 12.9. The molecule has 0 radical (unpaired) electrons. The first kappa shape index (κ1) is 18.5. The van der Waals surface area contributed by atoms with E-state index in [9.17, 15) is 9.18 Å². The third-order valence-electron chi connectivity index (χ3n) is 4.54. The molecule has 0 saturated carbocycles. The number of hydrogen-bond donors (Lipinski definition) is 0. The first-order valence-electron chi connectivity index (χ1n) is 8.99. The number of hydrogen-bond acceptors (Lipinski definition) is 6. The summed E-state index contributed by atoms with van der Waals surface area (Å²) in [6, 6.07) is 9.95. The summed E-state index contributed by atoms with van der Waals surface area (Å²) < 4.78 is 18.2. The minimum atomic E-state index is -0.288. The van der Waals surface area contributed by atoms with Crippen LogP contribution in [0, 0.1) is 5.82 Å². The molecule has 1 aliphatic rings. The van der Waals surface area contributed by atoms with Crippen LogP contribution in [0.4, 0.5) is 4.39 Å². The summed E-state index contributed by atoms with van der Waals surface area (Å²) in [6.07, 6.45) is 3.24. The van der Waals surface area contributed by atoms with E-state index < -0.39 is 0 Å². The smallest absolute Gasteiger partial charge is 0.268 e. The topological polar surface area (TPSA) is 62.5 Å². The van der Waals surface area contributed by atoms with Crippen LogP contribution in [-0.4, -0.2) is 52.0 Å². The quantitative estimate of drug-likeness (QED) is 0.617. The fourth-order valence-corrected chi connectivity index (χ4v) is 3.64. The predicted molar refractivity (Wildman–Crippen MR) is 105 cm³/mol. The van der Waals surface area contributed by atoms with Crippen LogP contribution in [0.3, 0.4) is 0 Å². The first-order valence-corrected chi connectivity index (χ1v) is 9.87. The molecule has 6 nitrogen and oxygen atoms in total. The highest BCUT2D eigenvalue weighted by molar-refractivity contribution is 7.13. The Labute approximate surface area is 165 Å². The van der Waals surface area contributed by atoms with Crippen molar-refractivity contribution in [3.63, 3.8) is 0 Å². The van der Waals surface area contributed by atoms with Gasteiger partial charge in [0, 0.05) is 32.3 Å². The van der Waals surface area contributed by atoms with E-state index in [0.29, 0.717) is 31.3 Å². The van der Waals surface area contributed by atoms with E-state index in [1.54, 1.807) is 29.5 Å². The Morgan fingerprint density at radius 3 is 2.68 bits per heavy atom. The third kappa shape index (κ3) is 4.52. The largest absolute Gasteiger partial charge is 0.337 e. The number of carbonyl (C=O) groups is 1. The van der Waals surface area contributed by atoms with Crippen LogP contribution in [-0.2, 0) is 11.3 Å². The molecule has 0 bridgehead atoms. The molecule has 144 valence electrons. The van der Waals surface area contributed by atoms with Gasteiger partial charge in [-0.25, -0.2) is 4.39 Å². The highest BCUT2D eigenvalue weighted by atomic mass is 32.1. The molecule has 28 heavy (non-hydrogen) atoms.